The van der Waals surface area contributed by atoms with Crippen LogP contribution in [0.1, 0.15) is 6.42 Å². The minimum atomic E-state index is -1.69. The fourth-order valence-corrected chi connectivity index (χ4v) is 1.16. The summed E-state index contributed by atoms with van der Waals surface area (Å²) in [6.45, 7) is 4.04. The molecule has 0 aliphatic rings. The lowest BCUT2D eigenvalue weighted by molar-refractivity contribution is 0.148. The van der Waals surface area contributed by atoms with Crippen molar-refractivity contribution < 1.29 is 22.3 Å². The third-order valence-electron chi connectivity index (χ3n) is 2.01. The molecule has 0 fully saturated rings. The highest BCUT2D eigenvalue weighted by molar-refractivity contribution is 5.45. The van der Waals surface area contributed by atoms with E-state index in [2.05, 4.69) is 16.9 Å². The summed E-state index contributed by atoms with van der Waals surface area (Å²) >= 11 is 0. The van der Waals surface area contributed by atoms with Gasteiger partial charge in [0.05, 0.1) is 13.2 Å². The van der Waals surface area contributed by atoms with Crippen LogP contribution in [0.4, 0.5) is 23.2 Å². The molecule has 100 valence electrons. The van der Waals surface area contributed by atoms with E-state index in [9.17, 15) is 17.6 Å². The number of pyridine rings is 1. The zero-order chi connectivity index (χ0) is 13.5. The lowest BCUT2D eigenvalue weighted by Crippen LogP contribution is -2.14. The predicted octanol–water partition coefficient (Wildman–Crippen LogP) is 2.64. The van der Waals surface area contributed by atoms with Gasteiger partial charge in [0.1, 0.15) is 5.69 Å². The van der Waals surface area contributed by atoms with Crippen molar-refractivity contribution in [2.45, 2.75) is 6.42 Å². The van der Waals surface area contributed by atoms with Gasteiger partial charge in [-0.25, -0.2) is 0 Å². The van der Waals surface area contributed by atoms with Crippen molar-refractivity contribution in [3.63, 3.8) is 0 Å². The lowest BCUT2D eigenvalue weighted by Gasteiger charge is -2.09. The summed E-state index contributed by atoms with van der Waals surface area (Å²) in [4.78, 5) is 2.44. The average Bonchev–Trinajstić information content (AvgIpc) is 2.35. The van der Waals surface area contributed by atoms with Gasteiger partial charge >= 0.3 is 0 Å². The molecule has 0 atom stereocenters. The lowest BCUT2D eigenvalue weighted by atomic mass is 10.3. The standard InChI is InChI=1S/C11H12F4N2O/c1-2-3-5-18-6-4-16-9-7(12)10(14)17-11(15)8(9)13/h2H,1,3-6H2,(H,16,17). The van der Waals surface area contributed by atoms with Crippen LogP contribution in [0, 0.1) is 23.5 Å². The summed E-state index contributed by atoms with van der Waals surface area (Å²) in [7, 11) is 0. The van der Waals surface area contributed by atoms with E-state index in [1.54, 1.807) is 6.08 Å². The van der Waals surface area contributed by atoms with Crippen LogP contribution in [-0.2, 0) is 4.74 Å². The molecule has 0 amide bonds. The minimum absolute atomic E-state index is 0.00781. The van der Waals surface area contributed by atoms with Gasteiger partial charge in [-0.15, -0.1) is 6.58 Å². The van der Waals surface area contributed by atoms with Gasteiger partial charge in [0, 0.05) is 6.54 Å². The fourth-order valence-electron chi connectivity index (χ4n) is 1.16. The third-order valence-corrected chi connectivity index (χ3v) is 2.01. The van der Waals surface area contributed by atoms with Crippen LogP contribution in [0.25, 0.3) is 0 Å². The number of aromatic nitrogens is 1. The molecule has 1 aromatic rings. The monoisotopic (exact) mass is 264 g/mol. The Morgan fingerprint density at radius 3 is 2.28 bits per heavy atom. The number of ether oxygens (including phenoxy) is 1. The Kier molecular flexibility index (Phi) is 5.57. The number of nitrogens with one attached hydrogen (secondary N) is 1. The normalized spacial score (nSPS) is 10.4. The zero-order valence-corrected chi connectivity index (χ0v) is 9.48. The SMILES string of the molecule is C=CCCOCCNc1c(F)c(F)nc(F)c1F. The molecule has 0 saturated heterocycles. The number of anilines is 1. The van der Waals surface area contributed by atoms with Crippen molar-refractivity contribution >= 4 is 5.69 Å². The van der Waals surface area contributed by atoms with Gasteiger partial charge in [-0.2, -0.15) is 22.5 Å². The van der Waals surface area contributed by atoms with E-state index in [1.807, 2.05) is 0 Å². The molecule has 0 aliphatic heterocycles. The predicted molar refractivity (Wildman–Crippen MR) is 58.2 cm³/mol. The van der Waals surface area contributed by atoms with Gasteiger partial charge in [0.15, 0.2) is 0 Å². The van der Waals surface area contributed by atoms with Gasteiger partial charge in [-0.05, 0) is 6.42 Å². The Balaban J connectivity index is 2.54. The maximum atomic E-state index is 13.1. The van der Waals surface area contributed by atoms with E-state index < -0.39 is 29.2 Å². The first kappa shape index (κ1) is 14.4. The van der Waals surface area contributed by atoms with Crippen molar-refractivity contribution in [1.82, 2.24) is 4.98 Å². The van der Waals surface area contributed by atoms with Gasteiger partial charge in [-0.1, -0.05) is 6.08 Å². The maximum absolute atomic E-state index is 13.1. The Labute approximate surface area is 101 Å². The maximum Gasteiger partial charge on any atom is 0.253 e. The summed E-state index contributed by atoms with van der Waals surface area (Å²) in [6.07, 6.45) is 2.29. The fraction of sp³-hybridized carbons (Fsp3) is 0.364. The molecular weight excluding hydrogens is 252 g/mol. The summed E-state index contributed by atoms with van der Waals surface area (Å²) in [5, 5.41) is 2.22. The molecule has 0 aromatic carbocycles. The summed E-state index contributed by atoms with van der Waals surface area (Å²) in [6, 6.07) is 0. The van der Waals surface area contributed by atoms with Gasteiger partial charge in [0.25, 0.3) is 11.9 Å². The molecule has 0 spiro atoms. The number of rotatable bonds is 7. The molecule has 1 aromatic heterocycles. The second-order valence-electron chi connectivity index (χ2n) is 3.31. The Bertz CT molecular complexity index is 400. The van der Waals surface area contributed by atoms with E-state index in [0.717, 1.165) is 0 Å². The number of hydrogen-bond acceptors (Lipinski definition) is 3. The number of nitrogens with zero attached hydrogens (tertiary/aromatic N) is 1. The van der Waals surface area contributed by atoms with E-state index in [-0.39, 0.29) is 13.2 Å². The molecule has 7 heteroatoms. The minimum Gasteiger partial charge on any atom is -0.379 e. The molecule has 0 saturated carbocycles. The summed E-state index contributed by atoms with van der Waals surface area (Å²) < 4.78 is 56.7. The topological polar surface area (TPSA) is 34.1 Å². The zero-order valence-electron chi connectivity index (χ0n) is 9.48. The van der Waals surface area contributed by atoms with Crippen molar-refractivity contribution in [1.29, 1.82) is 0 Å². The molecule has 0 aliphatic carbocycles. The molecule has 18 heavy (non-hydrogen) atoms. The molecular formula is C11H12F4N2O. The second-order valence-corrected chi connectivity index (χ2v) is 3.31. The van der Waals surface area contributed by atoms with Crippen LogP contribution < -0.4 is 5.32 Å². The van der Waals surface area contributed by atoms with Crippen molar-refractivity contribution in [2.24, 2.45) is 0 Å². The van der Waals surface area contributed by atoms with E-state index >= 15 is 0 Å². The first-order valence-corrected chi connectivity index (χ1v) is 5.20. The van der Waals surface area contributed by atoms with Crippen LogP contribution in [-0.4, -0.2) is 24.7 Å². The van der Waals surface area contributed by atoms with Crippen molar-refractivity contribution in [2.75, 3.05) is 25.1 Å². The molecule has 1 N–H and O–H groups in total. The molecule has 1 heterocycles. The highest BCUT2D eigenvalue weighted by atomic mass is 19.2. The molecule has 0 unspecified atom stereocenters. The molecule has 0 radical (unpaired) electrons. The van der Waals surface area contributed by atoms with Crippen LogP contribution >= 0.6 is 0 Å². The highest BCUT2D eigenvalue weighted by Crippen LogP contribution is 2.21. The Morgan fingerprint density at radius 1 is 1.11 bits per heavy atom. The highest BCUT2D eigenvalue weighted by Gasteiger charge is 2.20. The Hall–Kier alpha value is -1.63. The van der Waals surface area contributed by atoms with Crippen molar-refractivity contribution in [3.05, 3.63) is 36.2 Å². The van der Waals surface area contributed by atoms with Gasteiger partial charge in [-0.3, -0.25) is 0 Å². The molecule has 0 bridgehead atoms. The quantitative estimate of drug-likeness (QED) is 0.356. The first-order valence-electron chi connectivity index (χ1n) is 5.20. The Morgan fingerprint density at radius 2 is 1.72 bits per heavy atom. The van der Waals surface area contributed by atoms with E-state index in [0.29, 0.717) is 13.0 Å². The van der Waals surface area contributed by atoms with E-state index in [4.69, 9.17) is 4.74 Å². The van der Waals surface area contributed by atoms with Crippen LogP contribution in [0.5, 0.6) is 0 Å². The molecule has 3 nitrogen and oxygen atoms in total. The molecule has 1 rings (SSSR count). The summed E-state index contributed by atoms with van der Waals surface area (Å²) in [5.41, 5.74) is -0.882. The van der Waals surface area contributed by atoms with E-state index in [1.165, 1.54) is 0 Å². The third kappa shape index (κ3) is 3.69. The van der Waals surface area contributed by atoms with Gasteiger partial charge in [0.2, 0.25) is 11.6 Å². The van der Waals surface area contributed by atoms with Crippen LogP contribution in [0.3, 0.4) is 0 Å². The number of hydrogen-bond donors (Lipinski definition) is 1. The van der Waals surface area contributed by atoms with Crippen LogP contribution in [0.2, 0.25) is 0 Å². The smallest absolute Gasteiger partial charge is 0.253 e. The van der Waals surface area contributed by atoms with Crippen molar-refractivity contribution in [3.8, 4) is 0 Å². The van der Waals surface area contributed by atoms with Gasteiger partial charge < -0.3 is 10.1 Å². The number of halogens is 4. The summed E-state index contributed by atoms with van der Waals surface area (Å²) in [5.74, 6) is -6.49. The second kappa shape index (κ2) is 6.95. The van der Waals surface area contributed by atoms with Crippen LogP contribution in [0.15, 0.2) is 12.7 Å². The largest absolute Gasteiger partial charge is 0.379 e. The average molecular weight is 264 g/mol. The first-order chi connectivity index (χ1) is 8.57.